The topological polar surface area (TPSA) is 15.3 Å². The van der Waals surface area contributed by atoms with Crippen LogP contribution < -0.4 is 5.32 Å². The number of rotatable bonds is 4. The summed E-state index contributed by atoms with van der Waals surface area (Å²) in [5.41, 5.74) is 0.691. The van der Waals surface area contributed by atoms with E-state index in [0.717, 1.165) is 13.1 Å². The van der Waals surface area contributed by atoms with Crippen LogP contribution in [0.2, 0.25) is 5.02 Å². The number of nitrogens with one attached hydrogen (secondary N) is 1. The second-order valence-electron chi connectivity index (χ2n) is 5.41. The Balaban J connectivity index is 2.05. The van der Waals surface area contributed by atoms with Crippen LogP contribution in [0.15, 0.2) is 18.2 Å². The van der Waals surface area contributed by atoms with Crippen molar-refractivity contribution in [1.82, 2.24) is 10.2 Å². The lowest BCUT2D eigenvalue weighted by atomic mass is 10.0. The molecule has 1 saturated heterocycles. The Hall–Kier alpha value is -0.640. The quantitative estimate of drug-likeness (QED) is 0.911. The van der Waals surface area contributed by atoms with Gasteiger partial charge in [0, 0.05) is 42.3 Å². The van der Waals surface area contributed by atoms with E-state index in [9.17, 15) is 4.39 Å². The highest BCUT2D eigenvalue weighted by molar-refractivity contribution is 6.30. The molecule has 0 aliphatic carbocycles. The molecule has 0 aromatic heterocycles. The predicted molar refractivity (Wildman–Crippen MR) is 78.0 cm³/mol. The molecule has 4 heteroatoms. The van der Waals surface area contributed by atoms with Gasteiger partial charge in [0.2, 0.25) is 0 Å². The van der Waals surface area contributed by atoms with Crippen molar-refractivity contribution in [3.8, 4) is 0 Å². The van der Waals surface area contributed by atoms with Gasteiger partial charge < -0.3 is 5.32 Å². The van der Waals surface area contributed by atoms with E-state index in [4.69, 9.17) is 11.6 Å². The zero-order valence-corrected chi connectivity index (χ0v) is 12.4. The molecule has 0 saturated carbocycles. The van der Waals surface area contributed by atoms with E-state index < -0.39 is 0 Å². The van der Waals surface area contributed by atoms with Crippen molar-refractivity contribution in [3.63, 3.8) is 0 Å². The highest BCUT2D eigenvalue weighted by atomic mass is 35.5. The van der Waals surface area contributed by atoms with E-state index in [1.807, 2.05) is 0 Å². The Morgan fingerprint density at radius 1 is 1.47 bits per heavy atom. The van der Waals surface area contributed by atoms with Crippen LogP contribution >= 0.6 is 11.6 Å². The van der Waals surface area contributed by atoms with Gasteiger partial charge in [0.15, 0.2) is 0 Å². The Kier molecular flexibility index (Phi) is 5.20. The van der Waals surface area contributed by atoms with Gasteiger partial charge >= 0.3 is 0 Å². The first-order chi connectivity index (χ1) is 9.10. The molecular weight excluding hydrogens is 263 g/mol. The Morgan fingerprint density at radius 2 is 2.26 bits per heavy atom. The van der Waals surface area contributed by atoms with Gasteiger partial charge in [-0.05, 0) is 31.5 Å². The van der Waals surface area contributed by atoms with Crippen LogP contribution in [0.1, 0.15) is 32.3 Å². The molecular formula is C15H22ClFN2. The SMILES string of the molecule is CCCC1CN(Cc2cc(Cl)ccc2F)C(C)CN1. The third-order valence-electron chi connectivity index (χ3n) is 3.80. The largest absolute Gasteiger partial charge is 0.311 e. The van der Waals surface area contributed by atoms with Crippen molar-refractivity contribution in [1.29, 1.82) is 0 Å². The Bertz CT molecular complexity index is 425. The standard InChI is InChI=1S/C15H22ClFN2/c1-3-4-14-10-19(11(2)8-18-14)9-12-7-13(16)5-6-15(12)17/h5-7,11,14,18H,3-4,8-10H2,1-2H3. The van der Waals surface area contributed by atoms with Crippen molar-refractivity contribution in [3.05, 3.63) is 34.6 Å². The van der Waals surface area contributed by atoms with Crippen LogP contribution in [0.3, 0.4) is 0 Å². The maximum Gasteiger partial charge on any atom is 0.127 e. The summed E-state index contributed by atoms with van der Waals surface area (Å²) in [6.45, 7) is 6.95. The lowest BCUT2D eigenvalue weighted by Crippen LogP contribution is -2.54. The molecule has 1 aromatic rings. The molecule has 2 rings (SSSR count). The molecule has 1 aromatic carbocycles. The molecule has 1 fully saturated rings. The summed E-state index contributed by atoms with van der Waals surface area (Å²) >= 11 is 5.95. The highest BCUT2D eigenvalue weighted by Gasteiger charge is 2.24. The van der Waals surface area contributed by atoms with Crippen molar-refractivity contribution in [2.45, 2.75) is 45.3 Å². The average molecular weight is 285 g/mol. The first kappa shape index (κ1) is 14.8. The van der Waals surface area contributed by atoms with Gasteiger partial charge in [-0.1, -0.05) is 24.9 Å². The maximum atomic E-state index is 13.8. The molecule has 0 spiro atoms. The molecule has 2 atom stereocenters. The molecule has 2 nitrogen and oxygen atoms in total. The Morgan fingerprint density at radius 3 is 3.00 bits per heavy atom. The lowest BCUT2D eigenvalue weighted by molar-refractivity contribution is 0.128. The summed E-state index contributed by atoms with van der Waals surface area (Å²) in [5, 5.41) is 4.15. The summed E-state index contributed by atoms with van der Waals surface area (Å²) in [6.07, 6.45) is 2.34. The molecule has 1 heterocycles. The predicted octanol–water partition coefficient (Wildman–Crippen LogP) is 3.44. The molecule has 1 aliphatic rings. The maximum absolute atomic E-state index is 13.8. The van der Waals surface area contributed by atoms with Gasteiger partial charge in [0.1, 0.15) is 5.82 Å². The van der Waals surface area contributed by atoms with Crippen LogP contribution in [-0.2, 0) is 6.54 Å². The molecule has 2 unspecified atom stereocenters. The van der Waals surface area contributed by atoms with E-state index in [0.29, 0.717) is 29.2 Å². The highest BCUT2D eigenvalue weighted by Crippen LogP contribution is 2.19. The fourth-order valence-corrected chi connectivity index (χ4v) is 2.83. The van der Waals surface area contributed by atoms with Gasteiger partial charge in [-0.25, -0.2) is 4.39 Å². The summed E-state index contributed by atoms with van der Waals surface area (Å²) < 4.78 is 13.8. The fourth-order valence-electron chi connectivity index (χ4n) is 2.64. The zero-order valence-electron chi connectivity index (χ0n) is 11.6. The normalized spacial score (nSPS) is 24.6. The molecule has 19 heavy (non-hydrogen) atoms. The number of halogens is 2. The van der Waals surface area contributed by atoms with Crippen molar-refractivity contribution >= 4 is 11.6 Å². The molecule has 0 amide bonds. The lowest BCUT2D eigenvalue weighted by Gasteiger charge is -2.39. The van der Waals surface area contributed by atoms with Crippen molar-refractivity contribution in [2.24, 2.45) is 0 Å². The second kappa shape index (κ2) is 6.69. The van der Waals surface area contributed by atoms with Gasteiger partial charge in [-0.15, -0.1) is 0 Å². The average Bonchev–Trinajstić information content (AvgIpc) is 2.38. The number of piperazine rings is 1. The zero-order chi connectivity index (χ0) is 13.8. The van der Waals surface area contributed by atoms with E-state index in [-0.39, 0.29) is 5.82 Å². The number of nitrogens with zero attached hydrogens (tertiary/aromatic N) is 1. The minimum atomic E-state index is -0.165. The van der Waals surface area contributed by atoms with Crippen molar-refractivity contribution < 1.29 is 4.39 Å². The monoisotopic (exact) mass is 284 g/mol. The van der Waals surface area contributed by atoms with Crippen LogP contribution in [0.5, 0.6) is 0 Å². The smallest absolute Gasteiger partial charge is 0.127 e. The minimum Gasteiger partial charge on any atom is -0.311 e. The molecule has 1 N–H and O–H groups in total. The minimum absolute atomic E-state index is 0.165. The number of hydrogen-bond donors (Lipinski definition) is 1. The summed E-state index contributed by atoms with van der Waals surface area (Å²) in [7, 11) is 0. The molecule has 0 radical (unpaired) electrons. The molecule has 106 valence electrons. The summed E-state index contributed by atoms with van der Waals surface area (Å²) in [5.74, 6) is -0.165. The molecule has 0 bridgehead atoms. The van der Waals surface area contributed by atoms with Gasteiger partial charge in [-0.2, -0.15) is 0 Å². The first-order valence-corrected chi connectivity index (χ1v) is 7.39. The van der Waals surface area contributed by atoms with Gasteiger partial charge in [0.25, 0.3) is 0 Å². The number of hydrogen-bond acceptors (Lipinski definition) is 2. The third-order valence-corrected chi connectivity index (χ3v) is 4.03. The summed E-state index contributed by atoms with van der Waals surface area (Å²) in [6, 6.07) is 5.73. The Labute approximate surface area is 119 Å². The van der Waals surface area contributed by atoms with Crippen molar-refractivity contribution in [2.75, 3.05) is 13.1 Å². The second-order valence-corrected chi connectivity index (χ2v) is 5.84. The molecule has 1 aliphatic heterocycles. The van der Waals surface area contributed by atoms with Gasteiger partial charge in [-0.3, -0.25) is 4.90 Å². The first-order valence-electron chi connectivity index (χ1n) is 7.01. The van der Waals surface area contributed by atoms with E-state index in [2.05, 4.69) is 24.1 Å². The van der Waals surface area contributed by atoms with Crippen LogP contribution in [0, 0.1) is 5.82 Å². The van der Waals surface area contributed by atoms with Crippen LogP contribution in [0.25, 0.3) is 0 Å². The fraction of sp³-hybridized carbons (Fsp3) is 0.600. The van der Waals surface area contributed by atoms with E-state index in [1.54, 1.807) is 12.1 Å². The summed E-state index contributed by atoms with van der Waals surface area (Å²) in [4.78, 5) is 2.34. The van der Waals surface area contributed by atoms with Crippen LogP contribution in [0.4, 0.5) is 4.39 Å². The van der Waals surface area contributed by atoms with Gasteiger partial charge in [0.05, 0.1) is 0 Å². The van der Waals surface area contributed by atoms with E-state index >= 15 is 0 Å². The van der Waals surface area contributed by atoms with E-state index in [1.165, 1.54) is 18.9 Å². The van der Waals surface area contributed by atoms with Crippen LogP contribution in [-0.4, -0.2) is 30.1 Å². The number of benzene rings is 1. The third kappa shape index (κ3) is 3.91.